The molecule has 0 saturated carbocycles. The molecule has 0 bridgehead atoms. The molecular formula is C20H30N4O2. The number of ether oxygens (including phenoxy) is 1. The summed E-state index contributed by atoms with van der Waals surface area (Å²) in [7, 11) is 3.60. The Morgan fingerprint density at radius 1 is 1.35 bits per heavy atom. The number of aryl methyl sites for hydroxylation is 1. The normalized spacial score (nSPS) is 12.1. The van der Waals surface area contributed by atoms with E-state index in [4.69, 9.17) is 4.74 Å². The summed E-state index contributed by atoms with van der Waals surface area (Å²) in [5.41, 5.74) is 0.997. The first-order valence-electron chi connectivity index (χ1n) is 9.12. The van der Waals surface area contributed by atoms with Crippen LogP contribution in [0.5, 0.6) is 5.75 Å². The van der Waals surface area contributed by atoms with Crippen molar-refractivity contribution in [1.82, 2.24) is 19.8 Å². The molecule has 0 aliphatic rings. The Hall–Kier alpha value is -2.50. The van der Waals surface area contributed by atoms with Crippen LogP contribution in [0.15, 0.2) is 36.7 Å². The molecule has 1 N–H and O–H groups in total. The Morgan fingerprint density at radius 2 is 2.08 bits per heavy atom. The van der Waals surface area contributed by atoms with E-state index in [2.05, 4.69) is 31.1 Å². The Morgan fingerprint density at radius 3 is 2.65 bits per heavy atom. The maximum atomic E-state index is 13.0. The van der Waals surface area contributed by atoms with E-state index in [1.54, 1.807) is 13.3 Å². The van der Waals surface area contributed by atoms with Crippen LogP contribution in [0, 0.1) is 5.92 Å². The summed E-state index contributed by atoms with van der Waals surface area (Å²) in [4.78, 5) is 19.2. The first-order chi connectivity index (χ1) is 12.5. The lowest BCUT2D eigenvalue weighted by molar-refractivity contribution is 0.185. The number of carbonyl (C=O) groups excluding carboxylic acids is 1. The van der Waals surface area contributed by atoms with Gasteiger partial charge in [-0.1, -0.05) is 39.0 Å². The van der Waals surface area contributed by atoms with E-state index in [-0.39, 0.29) is 18.0 Å². The molecule has 0 spiro atoms. The van der Waals surface area contributed by atoms with E-state index in [1.807, 2.05) is 47.0 Å². The van der Waals surface area contributed by atoms with Crippen LogP contribution < -0.4 is 10.1 Å². The van der Waals surface area contributed by atoms with Gasteiger partial charge >= 0.3 is 6.03 Å². The van der Waals surface area contributed by atoms with Crippen molar-refractivity contribution in [1.29, 1.82) is 0 Å². The lowest BCUT2D eigenvalue weighted by Crippen LogP contribution is -2.43. The number of benzene rings is 1. The summed E-state index contributed by atoms with van der Waals surface area (Å²) in [5.74, 6) is 1.89. The summed E-state index contributed by atoms with van der Waals surface area (Å²) in [6.07, 6.45) is 4.54. The monoisotopic (exact) mass is 358 g/mol. The van der Waals surface area contributed by atoms with Gasteiger partial charge in [-0.2, -0.15) is 0 Å². The summed E-state index contributed by atoms with van der Waals surface area (Å²) in [6.45, 7) is 7.43. The second kappa shape index (κ2) is 9.27. The van der Waals surface area contributed by atoms with Crippen LogP contribution in [0.25, 0.3) is 0 Å². The largest absolute Gasteiger partial charge is 0.496 e. The number of aromatic nitrogens is 2. The molecule has 0 aliphatic carbocycles. The minimum atomic E-state index is -0.139. The summed E-state index contributed by atoms with van der Waals surface area (Å²) in [5, 5.41) is 3.17. The summed E-state index contributed by atoms with van der Waals surface area (Å²) >= 11 is 0. The van der Waals surface area contributed by atoms with Crippen molar-refractivity contribution in [3.63, 3.8) is 0 Å². The molecule has 142 valence electrons. The smallest absolute Gasteiger partial charge is 0.318 e. The predicted octanol–water partition coefficient (Wildman–Crippen LogP) is 3.75. The van der Waals surface area contributed by atoms with Gasteiger partial charge in [-0.25, -0.2) is 9.78 Å². The summed E-state index contributed by atoms with van der Waals surface area (Å²) in [6, 6.07) is 7.59. The molecule has 1 heterocycles. The molecule has 1 aromatic heterocycles. The average molecular weight is 358 g/mol. The SMILES string of the molecule is CCCN(Cc1ccccc1OC)C(=O)NC(c1nccn1C)C(C)C. The van der Waals surface area contributed by atoms with E-state index >= 15 is 0 Å². The first kappa shape index (κ1) is 19.8. The van der Waals surface area contributed by atoms with Gasteiger partial charge in [-0.3, -0.25) is 0 Å². The van der Waals surface area contributed by atoms with Crippen molar-refractivity contribution in [2.45, 2.75) is 39.8 Å². The van der Waals surface area contributed by atoms with E-state index < -0.39 is 0 Å². The van der Waals surface area contributed by atoms with Gasteiger partial charge in [0.2, 0.25) is 0 Å². The van der Waals surface area contributed by atoms with Crippen molar-refractivity contribution < 1.29 is 9.53 Å². The number of rotatable bonds is 8. The lowest BCUT2D eigenvalue weighted by atomic mass is 10.0. The van der Waals surface area contributed by atoms with Gasteiger partial charge in [0.1, 0.15) is 11.6 Å². The number of nitrogens with one attached hydrogen (secondary N) is 1. The van der Waals surface area contributed by atoms with E-state index in [0.717, 1.165) is 23.6 Å². The maximum Gasteiger partial charge on any atom is 0.318 e. The van der Waals surface area contributed by atoms with Crippen LogP contribution in [-0.4, -0.2) is 34.1 Å². The molecule has 1 unspecified atom stereocenters. The van der Waals surface area contributed by atoms with Crippen molar-refractivity contribution in [2.24, 2.45) is 13.0 Å². The third-order valence-electron chi connectivity index (χ3n) is 4.42. The third kappa shape index (κ3) is 4.77. The van der Waals surface area contributed by atoms with Gasteiger partial charge in [-0.05, 0) is 18.4 Å². The number of imidazole rings is 1. The molecule has 2 amide bonds. The zero-order valence-corrected chi connectivity index (χ0v) is 16.4. The molecule has 26 heavy (non-hydrogen) atoms. The quantitative estimate of drug-likeness (QED) is 0.782. The zero-order valence-electron chi connectivity index (χ0n) is 16.4. The molecule has 6 heteroatoms. The molecule has 1 aromatic carbocycles. The number of hydrogen-bond acceptors (Lipinski definition) is 3. The van der Waals surface area contributed by atoms with Gasteiger partial charge in [0.15, 0.2) is 0 Å². The highest BCUT2D eigenvalue weighted by molar-refractivity contribution is 5.74. The minimum absolute atomic E-state index is 0.0838. The zero-order chi connectivity index (χ0) is 19.1. The highest BCUT2D eigenvalue weighted by Gasteiger charge is 2.25. The average Bonchev–Trinajstić information content (AvgIpc) is 3.04. The molecule has 0 fully saturated rings. The van der Waals surface area contributed by atoms with Crippen molar-refractivity contribution in [3.05, 3.63) is 48.0 Å². The standard InChI is InChI=1S/C20H30N4O2/c1-6-12-24(14-16-9-7-8-10-17(16)26-5)20(25)22-18(15(2)3)19-21-11-13-23(19)4/h7-11,13,15,18H,6,12,14H2,1-5H3,(H,22,25). The van der Waals surface area contributed by atoms with Crippen LogP contribution in [0.2, 0.25) is 0 Å². The van der Waals surface area contributed by atoms with E-state index in [1.165, 1.54) is 0 Å². The first-order valence-corrected chi connectivity index (χ1v) is 9.12. The molecule has 0 saturated heterocycles. The number of methoxy groups -OCH3 is 1. The van der Waals surface area contributed by atoms with E-state index in [0.29, 0.717) is 13.1 Å². The fraction of sp³-hybridized carbons (Fsp3) is 0.500. The van der Waals surface area contributed by atoms with E-state index in [9.17, 15) is 4.79 Å². The predicted molar refractivity (Wildman–Crippen MR) is 103 cm³/mol. The molecule has 0 aliphatic heterocycles. The van der Waals surface area contributed by atoms with Gasteiger partial charge in [0.05, 0.1) is 19.7 Å². The fourth-order valence-corrected chi connectivity index (χ4v) is 2.99. The second-order valence-corrected chi connectivity index (χ2v) is 6.80. The molecular weight excluding hydrogens is 328 g/mol. The Labute approximate surface area is 156 Å². The number of amides is 2. The molecule has 6 nitrogen and oxygen atoms in total. The number of nitrogens with zero attached hydrogens (tertiary/aromatic N) is 3. The van der Waals surface area contributed by atoms with Crippen molar-refractivity contribution in [3.8, 4) is 5.75 Å². The van der Waals surface area contributed by atoms with Crippen LogP contribution in [0.1, 0.15) is 44.6 Å². The number of urea groups is 1. The molecule has 2 aromatic rings. The van der Waals surface area contributed by atoms with Crippen LogP contribution in [-0.2, 0) is 13.6 Å². The van der Waals surface area contributed by atoms with Gasteiger partial charge < -0.3 is 19.5 Å². The van der Waals surface area contributed by atoms with Crippen molar-refractivity contribution in [2.75, 3.05) is 13.7 Å². The Kier molecular flexibility index (Phi) is 7.06. The summed E-state index contributed by atoms with van der Waals surface area (Å²) < 4.78 is 7.38. The Balaban J connectivity index is 2.18. The highest BCUT2D eigenvalue weighted by atomic mass is 16.5. The topological polar surface area (TPSA) is 59.4 Å². The van der Waals surface area contributed by atoms with Crippen molar-refractivity contribution >= 4 is 6.03 Å². The fourth-order valence-electron chi connectivity index (χ4n) is 2.99. The minimum Gasteiger partial charge on any atom is -0.496 e. The Bertz CT molecular complexity index is 711. The number of carbonyl (C=O) groups is 1. The molecule has 0 radical (unpaired) electrons. The third-order valence-corrected chi connectivity index (χ3v) is 4.42. The number of para-hydroxylation sites is 1. The number of hydrogen-bond donors (Lipinski definition) is 1. The highest BCUT2D eigenvalue weighted by Crippen LogP contribution is 2.22. The van der Waals surface area contributed by atoms with Gasteiger partial charge in [0, 0.05) is 31.5 Å². The maximum absolute atomic E-state index is 13.0. The van der Waals surface area contributed by atoms with Gasteiger partial charge in [-0.15, -0.1) is 0 Å². The lowest BCUT2D eigenvalue weighted by Gasteiger charge is -2.28. The van der Waals surface area contributed by atoms with Crippen LogP contribution in [0.4, 0.5) is 4.79 Å². The molecule has 2 rings (SSSR count). The molecule has 1 atom stereocenters. The van der Waals surface area contributed by atoms with Crippen LogP contribution >= 0.6 is 0 Å². The van der Waals surface area contributed by atoms with Crippen LogP contribution in [0.3, 0.4) is 0 Å². The second-order valence-electron chi connectivity index (χ2n) is 6.80. The van der Waals surface area contributed by atoms with Gasteiger partial charge in [0.25, 0.3) is 0 Å².